The van der Waals surface area contributed by atoms with Gasteiger partial charge in [-0.3, -0.25) is 9.59 Å². The van der Waals surface area contributed by atoms with E-state index in [0.29, 0.717) is 44.5 Å². The summed E-state index contributed by atoms with van der Waals surface area (Å²) in [6, 6.07) is 31.1. The lowest BCUT2D eigenvalue weighted by molar-refractivity contribution is -0.118. The SMILES string of the molecule is Cc1cc(C=Nn2c(-c3cc4cc(Br)ccc4o3)nc3ccccc3c2=O)c(C)n1-c1ccc(OCC(=O)Nc2ccc(Cl)cc2)cc1. The summed E-state index contributed by atoms with van der Waals surface area (Å²) in [5.41, 5.74) is 5.18. The van der Waals surface area contributed by atoms with Crippen LogP contribution >= 0.6 is 27.5 Å². The normalized spacial score (nSPS) is 11.5. The van der Waals surface area contributed by atoms with Crippen molar-refractivity contribution in [1.82, 2.24) is 14.2 Å². The van der Waals surface area contributed by atoms with Crippen molar-refractivity contribution in [3.8, 4) is 23.0 Å². The number of halogens is 2. The Balaban J connectivity index is 1.15. The second-order valence-electron chi connectivity index (χ2n) is 11.1. The number of aromatic nitrogens is 3. The van der Waals surface area contributed by atoms with Gasteiger partial charge >= 0.3 is 0 Å². The number of hydrogen-bond acceptors (Lipinski definition) is 6. The molecule has 48 heavy (non-hydrogen) atoms. The summed E-state index contributed by atoms with van der Waals surface area (Å²) in [4.78, 5) is 30.9. The summed E-state index contributed by atoms with van der Waals surface area (Å²) in [6.07, 6.45) is 1.66. The Kier molecular flexibility index (Phi) is 8.43. The molecule has 0 saturated carbocycles. The van der Waals surface area contributed by atoms with Crippen LogP contribution in [0, 0.1) is 13.8 Å². The van der Waals surface area contributed by atoms with E-state index in [-0.39, 0.29) is 18.1 Å². The molecule has 9 nitrogen and oxygen atoms in total. The maximum Gasteiger partial charge on any atom is 0.282 e. The molecule has 0 bridgehead atoms. The van der Waals surface area contributed by atoms with Crippen LogP contribution in [0.5, 0.6) is 5.75 Å². The van der Waals surface area contributed by atoms with Crippen LogP contribution in [0.3, 0.4) is 0 Å². The molecule has 0 aliphatic carbocycles. The Bertz CT molecular complexity index is 2410. The summed E-state index contributed by atoms with van der Waals surface area (Å²) in [5.74, 6) is 1.01. The van der Waals surface area contributed by atoms with Gasteiger partial charge in [0, 0.05) is 43.2 Å². The second kappa shape index (κ2) is 13.0. The first-order valence-electron chi connectivity index (χ1n) is 15.0. The highest BCUT2D eigenvalue weighted by molar-refractivity contribution is 9.10. The highest BCUT2D eigenvalue weighted by atomic mass is 79.9. The number of ether oxygens (including phenoxy) is 1. The molecule has 0 unspecified atom stereocenters. The maximum atomic E-state index is 13.7. The molecule has 4 aromatic carbocycles. The summed E-state index contributed by atoms with van der Waals surface area (Å²) in [7, 11) is 0. The van der Waals surface area contributed by atoms with E-state index in [9.17, 15) is 9.59 Å². The van der Waals surface area contributed by atoms with E-state index in [0.717, 1.165) is 32.5 Å². The smallest absolute Gasteiger partial charge is 0.282 e. The minimum Gasteiger partial charge on any atom is -0.484 e. The zero-order valence-corrected chi connectivity index (χ0v) is 28.1. The molecule has 7 aromatic rings. The fourth-order valence-corrected chi connectivity index (χ4v) is 6.03. The molecule has 1 N–H and O–H groups in total. The van der Waals surface area contributed by atoms with Gasteiger partial charge < -0.3 is 19.0 Å². The number of hydrogen-bond donors (Lipinski definition) is 1. The highest BCUT2D eigenvalue weighted by Gasteiger charge is 2.17. The van der Waals surface area contributed by atoms with Crippen molar-refractivity contribution in [2.75, 3.05) is 11.9 Å². The molecule has 0 atom stereocenters. The molecule has 1 amide bonds. The van der Waals surface area contributed by atoms with E-state index in [1.165, 1.54) is 4.68 Å². The molecule has 0 spiro atoms. The van der Waals surface area contributed by atoms with Crippen LogP contribution in [-0.4, -0.2) is 33.0 Å². The van der Waals surface area contributed by atoms with Crippen LogP contribution in [0.1, 0.15) is 17.0 Å². The van der Waals surface area contributed by atoms with E-state index in [1.54, 1.807) is 48.7 Å². The van der Waals surface area contributed by atoms with Gasteiger partial charge in [-0.15, -0.1) is 0 Å². The van der Waals surface area contributed by atoms with Crippen LogP contribution in [0.2, 0.25) is 5.02 Å². The molecular formula is C37H27BrClN5O4. The van der Waals surface area contributed by atoms with Gasteiger partial charge in [-0.05, 0) is 105 Å². The Morgan fingerprint density at radius 3 is 2.56 bits per heavy atom. The van der Waals surface area contributed by atoms with Gasteiger partial charge in [0.05, 0.1) is 17.1 Å². The Morgan fingerprint density at radius 1 is 1.00 bits per heavy atom. The summed E-state index contributed by atoms with van der Waals surface area (Å²) >= 11 is 9.41. The molecule has 238 valence electrons. The molecule has 7 rings (SSSR count). The number of anilines is 1. The first-order valence-corrected chi connectivity index (χ1v) is 16.1. The number of para-hydroxylation sites is 1. The Morgan fingerprint density at radius 2 is 1.77 bits per heavy atom. The van der Waals surface area contributed by atoms with Gasteiger partial charge in [0.1, 0.15) is 11.3 Å². The molecule has 0 aliphatic rings. The number of aryl methyl sites for hydroxylation is 1. The number of benzene rings is 4. The van der Waals surface area contributed by atoms with Crippen LogP contribution in [-0.2, 0) is 4.79 Å². The number of furan rings is 1. The van der Waals surface area contributed by atoms with Crippen molar-refractivity contribution < 1.29 is 13.9 Å². The van der Waals surface area contributed by atoms with E-state index in [2.05, 4.69) is 30.9 Å². The average Bonchev–Trinajstić information content (AvgIpc) is 3.63. The van der Waals surface area contributed by atoms with Crippen molar-refractivity contribution in [1.29, 1.82) is 0 Å². The van der Waals surface area contributed by atoms with Crippen LogP contribution in [0.15, 0.2) is 122 Å². The highest BCUT2D eigenvalue weighted by Crippen LogP contribution is 2.29. The monoisotopic (exact) mass is 719 g/mol. The number of fused-ring (bicyclic) bond motifs is 2. The molecule has 0 fully saturated rings. The number of amides is 1. The minimum absolute atomic E-state index is 0.138. The number of nitrogens with zero attached hydrogens (tertiary/aromatic N) is 4. The van der Waals surface area contributed by atoms with E-state index in [4.69, 9.17) is 25.7 Å². The number of rotatable bonds is 8. The number of carbonyl (C=O) groups excluding carboxylic acids is 1. The van der Waals surface area contributed by atoms with Crippen LogP contribution in [0.4, 0.5) is 5.69 Å². The summed E-state index contributed by atoms with van der Waals surface area (Å²) < 4.78 is 16.1. The maximum absolute atomic E-state index is 13.7. The summed E-state index contributed by atoms with van der Waals surface area (Å²) in [5, 5.41) is 9.36. The lowest BCUT2D eigenvalue weighted by Crippen LogP contribution is -2.20. The second-order valence-corrected chi connectivity index (χ2v) is 12.5. The van der Waals surface area contributed by atoms with Crippen molar-refractivity contribution in [3.05, 3.63) is 140 Å². The molecule has 0 aliphatic heterocycles. The number of carbonyl (C=O) groups is 1. The third kappa shape index (κ3) is 6.27. The average molecular weight is 721 g/mol. The zero-order valence-electron chi connectivity index (χ0n) is 25.8. The van der Waals surface area contributed by atoms with Gasteiger partial charge in [-0.1, -0.05) is 39.7 Å². The lowest BCUT2D eigenvalue weighted by atomic mass is 10.2. The quantitative estimate of drug-likeness (QED) is 0.159. The largest absolute Gasteiger partial charge is 0.484 e. The topological polar surface area (TPSA) is 104 Å². The third-order valence-corrected chi connectivity index (χ3v) is 8.57. The van der Waals surface area contributed by atoms with Crippen molar-refractivity contribution in [3.63, 3.8) is 0 Å². The van der Waals surface area contributed by atoms with E-state index < -0.39 is 0 Å². The molecule has 3 heterocycles. The fraction of sp³-hybridized carbons (Fsp3) is 0.0811. The van der Waals surface area contributed by atoms with Crippen molar-refractivity contribution >= 4 is 67.2 Å². The Hall–Kier alpha value is -5.45. The molecular weight excluding hydrogens is 694 g/mol. The minimum atomic E-state index is -0.306. The van der Waals surface area contributed by atoms with Crippen LogP contribution < -0.4 is 15.6 Å². The number of nitrogens with one attached hydrogen (secondary N) is 1. The van der Waals surface area contributed by atoms with Crippen molar-refractivity contribution in [2.24, 2.45) is 5.10 Å². The van der Waals surface area contributed by atoms with Gasteiger partial charge in [0.25, 0.3) is 11.5 Å². The lowest BCUT2D eigenvalue weighted by Gasteiger charge is -2.12. The van der Waals surface area contributed by atoms with Crippen LogP contribution in [0.25, 0.3) is 39.1 Å². The first kappa shape index (κ1) is 31.2. The molecule has 3 aromatic heterocycles. The first-order chi connectivity index (χ1) is 23.2. The molecule has 0 saturated heterocycles. The van der Waals surface area contributed by atoms with Gasteiger partial charge in [0.15, 0.2) is 12.4 Å². The zero-order chi connectivity index (χ0) is 33.4. The summed E-state index contributed by atoms with van der Waals surface area (Å²) in [6.45, 7) is 3.84. The van der Waals surface area contributed by atoms with E-state index >= 15 is 0 Å². The fourth-order valence-electron chi connectivity index (χ4n) is 5.52. The molecule has 0 radical (unpaired) electrons. The third-order valence-electron chi connectivity index (χ3n) is 7.83. The predicted molar refractivity (Wildman–Crippen MR) is 193 cm³/mol. The van der Waals surface area contributed by atoms with Crippen molar-refractivity contribution in [2.45, 2.75) is 13.8 Å². The van der Waals surface area contributed by atoms with Gasteiger partial charge in [-0.25, -0.2) is 4.98 Å². The Labute approximate surface area is 288 Å². The standard InChI is InChI=1S/C37H27BrClN5O4/c1-22-17-25(23(2)43(22)29-12-14-30(15-13-29)47-21-35(45)41-28-10-8-27(39)9-11-28)20-40-44-36(42-32-6-4-3-5-31(32)37(44)46)34-19-24-18-26(38)7-16-33(24)48-34/h3-20H,21H2,1-2H3,(H,41,45). The van der Waals surface area contributed by atoms with Gasteiger partial charge in [-0.2, -0.15) is 9.78 Å². The van der Waals surface area contributed by atoms with E-state index in [1.807, 2.05) is 74.5 Å². The van der Waals surface area contributed by atoms with Gasteiger partial charge in [0.2, 0.25) is 5.82 Å². The molecule has 11 heteroatoms. The predicted octanol–water partition coefficient (Wildman–Crippen LogP) is 8.53.